The van der Waals surface area contributed by atoms with Gasteiger partial charge < -0.3 is 9.42 Å². The number of hydrogen-bond donors (Lipinski definition) is 0. The molecule has 1 amide bonds. The highest BCUT2D eigenvalue weighted by Crippen LogP contribution is 2.28. The van der Waals surface area contributed by atoms with Gasteiger partial charge in [0.25, 0.3) is 0 Å². The van der Waals surface area contributed by atoms with E-state index < -0.39 is 0 Å². The highest BCUT2D eigenvalue weighted by atomic mass is 32.2. The van der Waals surface area contributed by atoms with Crippen LogP contribution in [0.2, 0.25) is 0 Å². The van der Waals surface area contributed by atoms with Gasteiger partial charge in [-0.1, -0.05) is 19.0 Å². The summed E-state index contributed by atoms with van der Waals surface area (Å²) in [7, 11) is 0. The van der Waals surface area contributed by atoms with Gasteiger partial charge in [0.05, 0.1) is 5.75 Å². The number of hydrogen-bond acceptors (Lipinski definition) is 5. The molecule has 1 saturated heterocycles. The van der Waals surface area contributed by atoms with Crippen molar-refractivity contribution in [3.05, 3.63) is 11.7 Å². The van der Waals surface area contributed by atoms with Crippen LogP contribution < -0.4 is 0 Å². The average Bonchev–Trinajstić information content (AvgIpc) is 2.96. The van der Waals surface area contributed by atoms with Crippen molar-refractivity contribution in [2.45, 2.75) is 44.9 Å². The predicted molar refractivity (Wildman–Crippen MR) is 79.9 cm³/mol. The Hall–Kier alpha value is -1.04. The summed E-state index contributed by atoms with van der Waals surface area (Å²) >= 11 is 1.58. The van der Waals surface area contributed by atoms with Crippen LogP contribution in [0.15, 0.2) is 4.52 Å². The van der Waals surface area contributed by atoms with E-state index in [0.717, 1.165) is 44.1 Å². The van der Waals surface area contributed by atoms with E-state index in [0.29, 0.717) is 17.6 Å². The Labute approximate surface area is 124 Å². The van der Waals surface area contributed by atoms with Gasteiger partial charge in [0.2, 0.25) is 11.8 Å². The number of piperidine rings is 1. The first-order valence-corrected chi connectivity index (χ1v) is 8.65. The number of carbonyl (C=O) groups is 1. The molecule has 0 saturated carbocycles. The van der Waals surface area contributed by atoms with Crippen molar-refractivity contribution in [3.8, 4) is 0 Å². The summed E-state index contributed by atoms with van der Waals surface area (Å²) in [5.41, 5.74) is 0. The zero-order chi connectivity index (χ0) is 14.5. The summed E-state index contributed by atoms with van der Waals surface area (Å²) in [6, 6.07) is 0. The molecule has 1 unspecified atom stereocenters. The summed E-state index contributed by atoms with van der Waals surface area (Å²) in [6.45, 7) is 5.82. The number of nitrogens with zero attached hydrogens (tertiary/aromatic N) is 3. The molecule has 1 aliphatic heterocycles. The molecule has 1 atom stereocenters. The molecule has 1 aromatic rings. The molecule has 5 nitrogen and oxygen atoms in total. The maximum Gasteiger partial charge on any atom is 0.232 e. The SMILES string of the molecule is CCC(C)c1noc(C2CCN(C(=O)CSC)CC2)n1. The Bertz CT molecular complexity index is 441. The van der Waals surface area contributed by atoms with Gasteiger partial charge in [-0.3, -0.25) is 4.79 Å². The van der Waals surface area contributed by atoms with E-state index in [4.69, 9.17) is 4.52 Å². The topological polar surface area (TPSA) is 59.2 Å². The van der Waals surface area contributed by atoms with Crippen LogP contribution in [-0.2, 0) is 4.79 Å². The van der Waals surface area contributed by atoms with Gasteiger partial charge in [0.1, 0.15) is 0 Å². The quantitative estimate of drug-likeness (QED) is 0.836. The zero-order valence-corrected chi connectivity index (χ0v) is 13.3. The van der Waals surface area contributed by atoms with Crippen molar-refractivity contribution in [1.29, 1.82) is 0 Å². The Morgan fingerprint density at radius 2 is 2.20 bits per heavy atom. The molecule has 6 heteroatoms. The molecule has 1 aromatic heterocycles. The van der Waals surface area contributed by atoms with Gasteiger partial charge >= 0.3 is 0 Å². The molecule has 2 heterocycles. The maximum absolute atomic E-state index is 11.8. The lowest BCUT2D eigenvalue weighted by Crippen LogP contribution is -2.38. The van der Waals surface area contributed by atoms with Crippen molar-refractivity contribution in [3.63, 3.8) is 0 Å². The molecule has 0 aliphatic carbocycles. The van der Waals surface area contributed by atoms with Crippen molar-refractivity contribution in [2.24, 2.45) is 0 Å². The Balaban J connectivity index is 1.90. The minimum Gasteiger partial charge on any atom is -0.342 e. The van der Waals surface area contributed by atoms with Crippen LogP contribution in [0, 0.1) is 0 Å². The van der Waals surface area contributed by atoms with Crippen LogP contribution in [0.5, 0.6) is 0 Å². The normalized spacial score (nSPS) is 18.2. The lowest BCUT2D eigenvalue weighted by molar-refractivity contribution is -0.129. The molecule has 0 aromatic carbocycles. The molecule has 0 spiro atoms. The monoisotopic (exact) mass is 297 g/mol. The summed E-state index contributed by atoms with van der Waals surface area (Å²) < 4.78 is 5.40. The molecule has 1 fully saturated rings. The van der Waals surface area contributed by atoms with Crippen molar-refractivity contribution in [2.75, 3.05) is 25.1 Å². The van der Waals surface area contributed by atoms with E-state index >= 15 is 0 Å². The Morgan fingerprint density at radius 3 is 2.80 bits per heavy atom. The predicted octanol–water partition coefficient (Wildman–Crippen LogP) is 2.65. The standard InChI is InChI=1S/C14H23N3O2S/c1-4-10(2)13-15-14(19-16-13)11-5-7-17(8-6-11)12(18)9-20-3/h10-11H,4-9H2,1-3H3. The van der Waals surface area contributed by atoms with Crippen molar-refractivity contribution >= 4 is 17.7 Å². The lowest BCUT2D eigenvalue weighted by atomic mass is 9.96. The van der Waals surface area contributed by atoms with E-state index in [1.54, 1.807) is 11.8 Å². The molecule has 0 radical (unpaired) electrons. The molecule has 1 aliphatic rings. The highest BCUT2D eigenvalue weighted by Gasteiger charge is 2.27. The van der Waals surface area contributed by atoms with Crippen LogP contribution in [0.3, 0.4) is 0 Å². The van der Waals surface area contributed by atoms with Gasteiger partial charge in [-0.15, -0.1) is 0 Å². The fourth-order valence-corrected chi connectivity index (χ4v) is 2.82. The van der Waals surface area contributed by atoms with Crippen LogP contribution in [0.4, 0.5) is 0 Å². The fourth-order valence-electron chi connectivity index (χ4n) is 2.39. The third-order valence-electron chi connectivity index (χ3n) is 3.98. The second kappa shape index (κ2) is 7.11. The Kier molecular flexibility index (Phi) is 5.46. The molecule has 2 rings (SSSR count). The number of thioether (sulfide) groups is 1. The van der Waals surface area contributed by atoms with Gasteiger partial charge in [-0.2, -0.15) is 16.7 Å². The van der Waals surface area contributed by atoms with Crippen molar-refractivity contribution in [1.82, 2.24) is 15.0 Å². The average molecular weight is 297 g/mol. The minimum absolute atomic E-state index is 0.238. The first-order valence-electron chi connectivity index (χ1n) is 7.25. The van der Waals surface area contributed by atoms with E-state index in [1.807, 2.05) is 11.2 Å². The van der Waals surface area contributed by atoms with E-state index in [2.05, 4.69) is 24.0 Å². The molecule has 112 valence electrons. The van der Waals surface area contributed by atoms with Crippen molar-refractivity contribution < 1.29 is 9.32 Å². The maximum atomic E-state index is 11.8. The van der Waals surface area contributed by atoms with E-state index in [9.17, 15) is 4.79 Å². The first-order chi connectivity index (χ1) is 9.65. The van der Waals surface area contributed by atoms with Crippen LogP contribution in [0.25, 0.3) is 0 Å². The van der Waals surface area contributed by atoms with Crippen LogP contribution >= 0.6 is 11.8 Å². The summed E-state index contributed by atoms with van der Waals surface area (Å²) in [5, 5.41) is 4.08. The van der Waals surface area contributed by atoms with E-state index in [-0.39, 0.29) is 5.91 Å². The number of rotatable bonds is 5. The molecular weight excluding hydrogens is 274 g/mol. The number of amides is 1. The Morgan fingerprint density at radius 1 is 1.50 bits per heavy atom. The molecule has 20 heavy (non-hydrogen) atoms. The second-order valence-corrected chi connectivity index (χ2v) is 6.25. The summed E-state index contributed by atoms with van der Waals surface area (Å²) in [4.78, 5) is 18.3. The first kappa shape index (κ1) is 15.4. The van der Waals surface area contributed by atoms with Gasteiger partial charge in [0, 0.05) is 24.9 Å². The number of carbonyl (C=O) groups excluding carboxylic acids is 1. The second-order valence-electron chi connectivity index (χ2n) is 5.39. The largest absolute Gasteiger partial charge is 0.342 e. The van der Waals surface area contributed by atoms with E-state index in [1.165, 1.54) is 0 Å². The third kappa shape index (κ3) is 3.53. The van der Waals surface area contributed by atoms with Crippen LogP contribution in [-0.4, -0.2) is 46.0 Å². The molecule has 0 bridgehead atoms. The fraction of sp³-hybridized carbons (Fsp3) is 0.786. The smallest absolute Gasteiger partial charge is 0.232 e. The molecular formula is C14H23N3O2S. The summed E-state index contributed by atoms with van der Waals surface area (Å²) in [5.74, 6) is 3.01. The van der Waals surface area contributed by atoms with Gasteiger partial charge in [-0.25, -0.2) is 0 Å². The summed E-state index contributed by atoms with van der Waals surface area (Å²) in [6.07, 6.45) is 4.81. The molecule has 0 N–H and O–H groups in total. The number of aromatic nitrogens is 2. The van der Waals surface area contributed by atoms with Gasteiger partial charge in [0.15, 0.2) is 5.82 Å². The zero-order valence-electron chi connectivity index (χ0n) is 12.5. The highest BCUT2D eigenvalue weighted by molar-refractivity contribution is 7.99. The third-order valence-corrected chi connectivity index (χ3v) is 4.51. The van der Waals surface area contributed by atoms with Crippen LogP contribution in [0.1, 0.15) is 56.7 Å². The number of likely N-dealkylation sites (tertiary alicyclic amines) is 1. The van der Waals surface area contributed by atoms with Gasteiger partial charge in [-0.05, 0) is 25.5 Å². The lowest BCUT2D eigenvalue weighted by Gasteiger charge is -2.30. The minimum atomic E-state index is 0.238.